The smallest absolute Gasteiger partial charge is 0.343 e. The lowest BCUT2D eigenvalue weighted by atomic mass is 9.99. The van der Waals surface area contributed by atoms with Crippen LogP contribution in [0, 0.1) is 6.92 Å². The van der Waals surface area contributed by atoms with Crippen LogP contribution < -0.4 is 5.32 Å². The lowest BCUT2D eigenvalue weighted by Gasteiger charge is -2.18. The molecule has 0 bridgehead atoms. The minimum absolute atomic E-state index is 0.0717. The number of aryl methyl sites for hydroxylation is 2. The predicted molar refractivity (Wildman–Crippen MR) is 97.2 cm³/mol. The standard InChI is InChI=1S/C18H19F3N6/c1-5-27-16-8-13(6-7-15(16)25-26-27)10(2)14-9-22-17(23-11(14)3)24-12(4)18(19,20)21/h6-9,12H,2,5H2,1,3-4H3,(H,22,23,24). The third-order valence-corrected chi connectivity index (χ3v) is 4.30. The summed E-state index contributed by atoms with van der Waals surface area (Å²) < 4.78 is 39.8. The largest absolute Gasteiger partial charge is 0.408 e. The fraction of sp³-hybridized carbons (Fsp3) is 0.333. The van der Waals surface area contributed by atoms with Crippen molar-refractivity contribution in [2.45, 2.75) is 39.5 Å². The van der Waals surface area contributed by atoms with E-state index in [2.05, 4.69) is 32.2 Å². The number of nitrogens with zero attached hydrogens (tertiary/aromatic N) is 5. The normalized spacial score (nSPS) is 13.0. The maximum Gasteiger partial charge on any atom is 0.408 e. The van der Waals surface area contributed by atoms with Gasteiger partial charge >= 0.3 is 6.18 Å². The number of nitrogens with one attached hydrogen (secondary N) is 1. The van der Waals surface area contributed by atoms with Crippen LogP contribution in [0.5, 0.6) is 0 Å². The van der Waals surface area contributed by atoms with E-state index in [9.17, 15) is 13.2 Å². The third-order valence-electron chi connectivity index (χ3n) is 4.30. The van der Waals surface area contributed by atoms with Gasteiger partial charge in [-0.3, -0.25) is 0 Å². The van der Waals surface area contributed by atoms with E-state index < -0.39 is 12.2 Å². The Balaban J connectivity index is 1.89. The Bertz CT molecular complexity index is 992. The second-order valence-corrected chi connectivity index (χ2v) is 6.19. The molecule has 2 heterocycles. The molecule has 1 unspecified atom stereocenters. The van der Waals surface area contributed by atoms with Gasteiger partial charge in [-0.15, -0.1) is 5.10 Å². The van der Waals surface area contributed by atoms with Crippen LogP contribution in [-0.2, 0) is 6.54 Å². The van der Waals surface area contributed by atoms with Crippen molar-refractivity contribution in [2.24, 2.45) is 0 Å². The zero-order valence-corrected chi connectivity index (χ0v) is 15.2. The van der Waals surface area contributed by atoms with Crippen LogP contribution in [0.2, 0.25) is 0 Å². The van der Waals surface area contributed by atoms with Gasteiger partial charge in [-0.2, -0.15) is 13.2 Å². The van der Waals surface area contributed by atoms with Gasteiger partial charge < -0.3 is 5.32 Å². The molecule has 0 saturated carbocycles. The van der Waals surface area contributed by atoms with E-state index in [1.807, 2.05) is 25.1 Å². The quantitative estimate of drug-likeness (QED) is 0.730. The maximum absolute atomic E-state index is 12.7. The topological polar surface area (TPSA) is 68.5 Å². The monoisotopic (exact) mass is 376 g/mol. The van der Waals surface area contributed by atoms with E-state index in [4.69, 9.17) is 0 Å². The molecule has 9 heteroatoms. The molecular formula is C18H19F3N6. The SMILES string of the molecule is C=C(c1ccc2nnn(CC)c2c1)c1cnc(NC(C)C(F)(F)F)nc1C. The van der Waals surface area contributed by atoms with Crippen LogP contribution in [0.15, 0.2) is 31.0 Å². The van der Waals surface area contributed by atoms with Crippen molar-refractivity contribution in [3.63, 3.8) is 0 Å². The Morgan fingerprint density at radius 3 is 2.70 bits per heavy atom. The van der Waals surface area contributed by atoms with Crippen LogP contribution in [0.25, 0.3) is 16.6 Å². The Hall–Kier alpha value is -2.97. The molecular weight excluding hydrogens is 357 g/mol. The number of aromatic nitrogens is 5. The number of fused-ring (bicyclic) bond motifs is 1. The Morgan fingerprint density at radius 2 is 2.07 bits per heavy atom. The number of anilines is 1. The van der Waals surface area contributed by atoms with Crippen molar-refractivity contribution >= 4 is 22.6 Å². The summed E-state index contributed by atoms with van der Waals surface area (Å²) in [5.74, 6) is -0.0717. The summed E-state index contributed by atoms with van der Waals surface area (Å²) in [5, 5.41) is 10.4. The summed E-state index contributed by atoms with van der Waals surface area (Å²) in [6.07, 6.45) is -2.89. The van der Waals surface area contributed by atoms with Crippen molar-refractivity contribution in [1.82, 2.24) is 25.0 Å². The lowest BCUT2D eigenvalue weighted by Crippen LogP contribution is -2.33. The first-order valence-corrected chi connectivity index (χ1v) is 8.40. The maximum atomic E-state index is 12.7. The van der Waals surface area contributed by atoms with Crippen molar-refractivity contribution in [2.75, 3.05) is 5.32 Å². The van der Waals surface area contributed by atoms with Crippen LogP contribution in [0.1, 0.15) is 30.7 Å². The number of hydrogen-bond acceptors (Lipinski definition) is 5. The molecule has 1 N–H and O–H groups in total. The first kappa shape index (κ1) is 18.8. The molecule has 0 aliphatic heterocycles. The second-order valence-electron chi connectivity index (χ2n) is 6.19. The molecule has 0 aliphatic carbocycles. The lowest BCUT2D eigenvalue weighted by molar-refractivity contribution is -0.138. The highest BCUT2D eigenvalue weighted by atomic mass is 19.4. The highest BCUT2D eigenvalue weighted by molar-refractivity contribution is 5.85. The van der Waals surface area contributed by atoms with Crippen molar-refractivity contribution in [1.29, 1.82) is 0 Å². The summed E-state index contributed by atoms with van der Waals surface area (Å²) in [6, 6.07) is 3.91. The molecule has 27 heavy (non-hydrogen) atoms. The molecule has 0 amide bonds. The highest BCUT2D eigenvalue weighted by Crippen LogP contribution is 2.27. The van der Waals surface area contributed by atoms with Crippen LogP contribution >= 0.6 is 0 Å². The van der Waals surface area contributed by atoms with Gasteiger partial charge in [0.1, 0.15) is 11.6 Å². The highest BCUT2D eigenvalue weighted by Gasteiger charge is 2.36. The summed E-state index contributed by atoms with van der Waals surface area (Å²) in [6.45, 7) is 9.49. The molecule has 1 atom stereocenters. The summed E-state index contributed by atoms with van der Waals surface area (Å²) in [7, 11) is 0. The van der Waals surface area contributed by atoms with Crippen molar-refractivity contribution in [3.8, 4) is 0 Å². The number of halogens is 3. The van der Waals surface area contributed by atoms with Gasteiger partial charge in [0.05, 0.1) is 11.2 Å². The summed E-state index contributed by atoms with van der Waals surface area (Å²) in [5.41, 5.74) is 4.38. The van der Waals surface area contributed by atoms with Gasteiger partial charge in [-0.05, 0) is 44.0 Å². The van der Waals surface area contributed by atoms with Gasteiger partial charge in [0.25, 0.3) is 0 Å². The van der Waals surface area contributed by atoms with E-state index in [1.54, 1.807) is 11.6 Å². The van der Waals surface area contributed by atoms with Crippen LogP contribution in [0.3, 0.4) is 0 Å². The molecule has 3 rings (SSSR count). The molecule has 1 aromatic carbocycles. The fourth-order valence-electron chi connectivity index (χ4n) is 2.65. The van der Waals surface area contributed by atoms with Gasteiger partial charge in [0, 0.05) is 18.3 Å². The molecule has 0 aliphatic rings. The molecule has 0 fully saturated rings. The van der Waals surface area contributed by atoms with Gasteiger partial charge in [-0.25, -0.2) is 14.6 Å². The number of alkyl halides is 3. The molecule has 2 aromatic heterocycles. The molecule has 0 saturated heterocycles. The van der Waals surface area contributed by atoms with Gasteiger partial charge in [0.2, 0.25) is 5.95 Å². The molecule has 142 valence electrons. The molecule has 6 nitrogen and oxygen atoms in total. The van der Waals surface area contributed by atoms with Crippen LogP contribution in [0.4, 0.5) is 19.1 Å². The van der Waals surface area contributed by atoms with Crippen molar-refractivity contribution in [3.05, 3.63) is 47.8 Å². The average molecular weight is 376 g/mol. The molecule has 3 aromatic rings. The average Bonchev–Trinajstić information content (AvgIpc) is 3.02. The van der Waals surface area contributed by atoms with E-state index in [1.165, 1.54) is 6.20 Å². The minimum Gasteiger partial charge on any atom is -0.343 e. The van der Waals surface area contributed by atoms with E-state index in [0.29, 0.717) is 23.4 Å². The number of rotatable bonds is 5. The number of benzene rings is 1. The van der Waals surface area contributed by atoms with Crippen LogP contribution in [-0.4, -0.2) is 37.2 Å². The van der Waals surface area contributed by atoms with E-state index in [0.717, 1.165) is 23.5 Å². The predicted octanol–water partition coefficient (Wildman–Crippen LogP) is 3.97. The first-order chi connectivity index (χ1) is 12.7. The number of hydrogen-bond donors (Lipinski definition) is 1. The van der Waals surface area contributed by atoms with Gasteiger partial charge in [-0.1, -0.05) is 17.9 Å². The second kappa shape index (κ2) is 6.98. The zero-order chi connectivity index (χ0) is 19.8. The Kier molecular flexibility index (Phi) is 4.86. The zero-order valence-electron chi connectivity index (χ0n) is 15.2. The van der Waals surface area contributed by atoms with E-state index >= 15 is 0 Å². The van der Waals surface area contributed by atoms with Gasteiger partial charge in [0.15, 0.2) is 0 Å². The fourth-order valence-corrected chi connectivity index (χ4v) is 2.65. The Labute approximate surface area is 154 Å². The third kappa shape index (κ3) is 3.76. The Morgan fingerprint density at radius 1 is 1.33 bits per heavy atom. The summed E-state index contributed by atoms with van der Waals surface area (Å²) in [4.78, 5) is 8.16. The van der Waals surface area contributed by atoms with Crippen molar-refractivity contribution < 1.29 is 13.2 Å². The minimum atomic E-state index is -4.37. The van der Waals surface area contributed by atoms with E-state index in [-0.39, 0.29) is 5.95 Å². The first-order valence-electron chi connectivity index (χ1n) is 8.40. The summed E-state index contributed by atoms with van der Waals surface area (Å²) >= 11 is 0. The molecule has 0 spiro atoms. The molecule has 0 radical (unpaired) electrons.